The highest BCUT2D eigenvalue weighted by molar-refractivity contribution is 7.12. The Balaban J connectivity index is 2.15. The zero-order valence-electron chi connectivity index (χ0n) is 8.10. The molecule has 0 spiro atoms. The van der Waals surface area contributed by atoms with Crippen LogP contribution in [0.3, 0.4) is 0 Å². The van der Waals surface area contributed by atoms with Gasteiger partial charge in [0.2, 0.25) is 0 Å². The summed E-state index contributed by atoms with van der Waals surface area (Å²) in [4.78, 5) is 2.67. The average molecular weight is 200 g/mol. The van der Waals surface area contributed by atoms with Gasteiger partial charge in [0.05, 0.1) is 0 Å². The summed E-state index contributed by atoms with van der Waals surface area (Å²) in [5.41, 5.74) is 1.25. The number of thiophene rings is 1. The number of hydrogen-bond donors (Lipinski definition) is 0. The van der Waals surface area contributed by atoms with Gasteiger partial charge in [-0.1, -0.05) is 36.4 Å². The van der Waals surface area contributed by atoms with E-state index >= 15 is 0 Å². The number of aryl methyl sites for hydroxylation is 1. The maximum absolute atomic E-state index is 2.16. The molecule has 0 aliphatic heterocycles. The van der Waals surface area contributed by atoms with E-state index in [2.05, 4.69) is 55.5 Å². The number of hydrogen-bond acceptors (Lipinski definition) is 1. The molecule has 0 fully saturated rings. The Labute approximate surface area is 88.5 Å². The molecule has 0 unspecified atom stereocenters. The Bertz CT molecular complexity index is 424. The van der Waals surface area contributed by atoms with Crippen molar-refractivity contribution < 1.29 is 0 Å². The third kappa shape index (κ3) is 2.33. The molecule has 1 heteroatoms. The molecule has 0 radical (unpaired) electrons. The summed E-state index contributed by atoms with van der Waals surface area (Å²) in [6.45, 7) is 2.13. The van der Waals surface area contributed by atoms with Crippen LogP contribution in [-0.4, -0.2) is 0 Å². The van der Waals surface area contributed by atoms with Gasteiger partial charge in [-0.25, -0.2) is 0 Å². The van der Waals surface area contributed by atoms with Crippen LogP contribution in [-0.2, 0) is 0 Å². The second-order valence-corrected chi connectivity index (χ2v) is 4.51. The summed E-state index contributed by atoms with van der Waals surface area (Å²) in [6, 6.07) is 14.7. The smallest absolute Gasteiger partial charge is 0.0273 e. The Morgan fingerprint density at radius 3 is 2.36 bits per heavy atom. The first-order valence-corrected chi connectivity index (χ1v) is 5.46. The van der Waals surface area contributed by atoms with Crippen molar-refractivity contribution in [2.24, 2.45) is 0 Å². The molecular weight excluding hydrogens is 188 g/mol. The summed E-state index contributed by atoms with van der Waals surface area (Å²) in [5, 5.41) is 0. The van der Waals surface area contributed by atoms with Crippen LogP contribution in [0.2, 0.25) is 0 Å². The van der Waals surface area contributed by atoms with E-state index in [1.165, 1.54) is 15.3 Å². The fraction of sp³-hybridized carbons (Fsp3) is 0.0769. The van der Waals surface area contributed by atoms with E-state index in [-0.39, 0.29) is 0 Å². The van der Waals surface area contributed by atoms with Crippen molar-refractivity contribution >= 4 is 23.5 Å². The minimum Gasteiger partial charge on any atom is -0.141 e. The second kappa shape index (κ2) is 4.25. The van der Waals surface area contributed by atoms with Gasteiger partial charge < -0.3 is 0 Å². The molecule has 0 aliphatic carbocycles. The number of benzene rings is 1. The van der Waals surface area contributed by atoms with E-state index in [1.807, 2.05) is 17.4 Å². The molecular formula is C13H12S. The molecule has 2 aromatic rings. The molecule has 0 bridgehead atoms. The van der Waals surface area contributed by atoms with Crippen molar-refractivity contribution in [1.29, 1.82) is 0 Å². The molecule has 2 rings (SSSR count). The average Bonchev–Trinajstić information content (AvgIpc) is 2.63. The minimum atomic E-state index is 1.25. The van der Waals surface area contributed by atoms with Crippen LogP contribution in [0.15, 0.2) is 42.5 Å². The van der Waals surface area contributed by atoms with Crippen LogP contribution in [0.5, 0.6) is 0 Å². The van der Waals surface area contributed by atoms with Gasteiger partial charge in [0, 0.05) is 9.75 Å². The summed E-state index contributed by atoms with van der Waals surface area (Å²) in [5.74, 6) is 0. The van der Waals surface area contributed by atoms with Gasteiger partial charge in [-0.15, -0.1) is 11.3 Å². The molecule has 0 nitrogen and oxygen atoms in total. The SMILES string of the molecule is Cc1ccc(/C=C\c2ccccc2)s1. The monoisotopic (exact) mass is 200 g/mol. The summed E-state index contributed by atoms with van der Waals surface area (Å²) >= 11 is 1.82. The van der Waals surface area contributed by atoms with Gasteiger partial charge >= 0.3 is 0 Å². The lowest BCUT2D eigenvalue weighted by atomic mass is 10.2. The van der Waals surface area contributed by atoms with Gasteiger partial charge in [-0.05, 0) is 30.7 Å². The molecule has 0 amide bonds. The lowest BCUT2D eigenvalue weighted by Crippen LogP contribution is -1.67. The molecule has 0 N–H and O–H groups in total. The van der Waals surface area contributed by atoms with Crippen molar-refractivity contribution in [3.05, 3.63) is 57.8 Å². The van der Waals surface area contributed by atoms with Crippen molar-refractivity contribution in [3.8, 4) is 0 Å². The van der Waals surface area contributed by atoms with E-state index in [0.29, 0.717) is 0 Å². The van der Waals surface area contributed by atoms with Crippen LogP contribution in [0.25, 0.3) is 12.2 Å². The normalized spacial score (nSPS) is 10.9. The van der Waals surface area contributed by atoms with E-state index in [1.54, 1.807) is 0 Å². The predicted molar refractivity (Wildman–Crippen MR) is 64.4 cm³/mol. The topological polar surface area (TPSA) is 0 Å². The Kier molecular flexibility index (Phi) is 2.80. The zero-order valence-corrected chi connectivity index (χ0v) is 8.92. The van der Waals surface area contributed by atoms with Crippen molar-refractivity contribution in [2.75, 3.05) is 0 Å². The molecule has 0 atom stereocenters. The van der Waals surface area contributed by atoms with Gasteiger partial charge in [-0.3, -0.25) is 0 Å². The lowest BCUT2D eigenvalue weighted by Gasteiger charge is -1.89. The second-order valence-electron chi connectivity index (χ2n) is 3.19. The quantitative estimate of drug-likeness (QED) is 0.680. The molecule has 1 aromatic heterocycles. The highest BCUT2D eigenvalue weighted by Crippen LogP contribution is 2.17. The molecule has 14 heavy (non-hydrogen) atoms. The maximum Gasteiger partial charge on any atom is 0.0273 e. The maximum atomic E-state index is 2.16. The molecule has 1 heterocycles. The van der Waals surface area contributed by atoms with Crippen molar-refractivity contribution in [3.63, 3.8) is 0 Å². The van der Waals surface area contributed by atoms with Crippen LogP contribution < -0.4 is 0 Å². The third-order valence-corrected chi connectivity index (χ3v) is 2.97. The van der Waals surface area contributed by atoms with Crippen molar-refractivity contribution in [1.82, 2.24) is 0 Å². The van der Waals surface area contributed by atoms with E-state index < -0.39 is 0 Å². The first-order valence-electron chi connectivity index (χ1n) is 4.64. The third-order valence-electron chi connectivity index (χ3n) is 2.00. The lowest BCUT2D eigenvalue weighted by molar-refractivity contribution is 1.64. The molecule has 1 aromatic carbocycles. The van der Waals surface area contributed by atoms with Crippen LogP contribution >= 0.6 is 11.3 Å². The van der Waals surface area contributed by atoms with Crippen LogP contribution in [0.1, 0.15) is 15.3 Å². The van der Waals surface area contributed by atoms with E-state index in [4.69, 9.17) is 0 Å². The predicted octanol–water partition coefficient (Wildman–Crippen LogP) is 4.23. The minimum absolute atomic E-state index is 1.25. The first-order chi connectivity index (χ1) is 6.84. The zero-order chi connectivity index (χ0) is 9.80. The molecule has 70 valence electrons. The van der Waals surface area contributed by atoms with Gasteiger partial charge in [0.1, 0.15) is 0 Å². The Morgan fingerprint density at radius 2 is 1.71 bits per heavy atom. The van der Waals surface area contributed by atoms with Gasteiger partial charge in [0.15, 0.2) is 0 Å². The van der Waals surface area contributed by atoms with Crippen molar-refractivity contribution in [2.45, 2.75) is 6.92 Å². The highest BCUT2D eigenvalue weighted by atomic mass is 32.1. The Hall–Kier alpha value is -1.34. The fourth-order valence-corrected chi connectivity index (χ4v) is 2.07. The summed E-state index contributed by atoms with van der Waals surface area (Å²) in [6.07, 6.45) is 4.30. The first kappa shape index (κ1) is 9.22. The Morgan fingerprint density at radius 1 is 0.929 bits per heavy atom. The summed E-state index contributed by atoms with van der Waals surface area (Å²) < 4.78 is 0. The fourth-order valence-electron chi connectivity index (χ4n) is 1.29. The van der Waals surface area contributed by atoms with Crippen LogP contribution in [0.4, 0.5) is 0 Å². The standard InChI is InChI=1S/C13H12S/c1-11-7-9-13(14-11)10-8-12-5-3-2-4-6-12/h2-10H,1H3/b10-8-. The van der Waals surface area contributed by atoms with Gasteiger partial charge in [0.25, 0.3) is 0 Å². The molecule has 0 saturated carbocycles. The van der Waals surface area contributed by atoms with Crippen LogP contribution in [0, 0.1) is 6.92 Å². The molecule has 0 aliphatic rings. The number of rotatable bonds is 2. The summed E-state index contributed by atoms with van der Waals surface area (Å²) in [7, 11) is 0. The highest BCUT2D eigenvalue weighted by Gasteiger charge is 1.90. The van der Waals surface area contributed by atoms with E-state index in [0.717, 1.165) is 0 Å². The largest absolute Gasteiger partial charge is 0.141 e. The van der Waals surface area contributed by atoms with E-state index in [9.17, 15) is 0 Å². The van der Waals surface area contributed by atoms with Gasteiger partial charge in [-0.2, -0.15) is 0 Å². The molecule has 0 saturated heterocycles.